The fraction of sp³-hybridized carbons (Fsp3) is 0.409. The van der Waals surface area contributed by atoms with Crippen molar-refractivity contribution in [2.75, 3.05) is 49.1 Å². The first-order chi connectivity index (χ1) is 15.3. The van der Waals surface area contributed by atoms with Gasteiger partial charge in [-0.25, -0.2) is 9.97 Å². The molecular weight excluding hydrogens is 439 g/mol. The van der Waals surface area contributed by atoms with E-state index in [4.69, 9.17) is 0 Å². The zero-order valence-electron chi connectivity index (χ0n) is 17.7. The average Bonchev–Trinajstić information content (AvgIpc) is 3.05. The van der Waals surface area contributed by atoms with E-state index in [0.29, 0.717) is 37.1 Å². The number of para-hydroxylation sites is 1. The summed E-state index contributed by atoms with van der Waals surface area (Å²) in [6.07, 6.45) is -2.72. The number of thiazole rings is 1. The number of carbonyl (C=O) groups excluding carboxylic acids is 1. The van der Waals surface area contributed by atoms with Crippen molar-refractivity contribution in [3.8, 4) is 0 Å². The number of hydrogen-bond donors (Lipinski definition) is 0. The molecule has 3 aromatic rings. The maximum absolute atomic E-state index is 13.0. The van der Waals surface area contributed by atoms with Gasteiger partial charge in [0.2, 0.25) is 5.91 Å². The van der Waals surface area contributed by atoms with Gasteiger partial charge >= 0.3 is 6.18 Å². The third-order valence-electron chi connectivity index (χ3n) is 5.48. The van der Waals surface area contributed by atoms with Crippen LogP contribution < -0.4 is 9.80 Å². The molecule has 0 unspecified atom stereocenters. The van der Waals surface area contributed by atoms with Gasteiger partial charge in [-0.05, 0) is 37.6 Å². The van der Waals surface area contributed by atoms with Crippen molar-refractivity contribution < 1.29 is 18.0 Å². The summed E-state index contributed by atoms with van der Waals surface area (Å²) >= 11 is 1.50. The van der Waals surface area contributed by atoms with Gasteiger partial charge < -0.3 is 4.90 Å². The molecule has 1 aliphatic rings. The molecule has 1 aliphatic heterocycles. The number of likely N-dealkylation sites (N-methyl/N-ethyl adjacent to an activating group) is 1. The van der Waals surface area contributed by atoms with Crippen LogP contribution in [0.5, 0.6) is 0 Å². The van der Waals surface area contributed by atoms with Crippen molar-refractivity contribution in [1.29, 1.82) is 0 Å². The molecule has 0 radical (unpaired) electrons. The molecule has 0 atom stereocenters. The highest BCUT2D eigenvalue weighted by atomic mass is 32.1. The Balaban J connectivity index is 1.38. The predicted molar refractivity (Wildman–Crippen MR) is 120 cm³/mol. The Bertz CT molecular complexity index is 1040. The summed E-state index contributed by atoms with van der Waals surface area (Å²) in [6.45, 7) is 5.39. The lowest BCUT2D eigenvalue weighted by atomic mass is 10.2. The lowest BCUT2D eigenvalue weighted by Crippen LogP contribution is -2.42. The normalized spacial score (nSPS) is 15.7. The number of amides is 1. The van der Waals surface area contributed by atoms with Crippen LogP contribution in [0.25, 0.3) is 10.2 Å². The molecular formula is C22H24F3N5OS. The molecule has 2 aromatic heterocycles. The minimum absolute atomic E-state index is 0.00680. The summed E-state index contributed by atoms with van der Waals surface area (Å²) in [6, 6.07) is 10.3. The van der Waals surface area contributed by atoms with Crippen molar-refractivity contribution in [2.24, 2.45) is 0 Å². The van der Waals surface area contributed by atoms with Crippen LogP contribution in [0.4, 0.5) is 24.1 Å². The fourth-order valence-electron chi connectivity index (χ4n) is 3.77. The summed E-state index contributed by atoms with van der Waals surface area (Å²) in [5.41, 5.74) is 0.131. The standard InChI is InChI=1S/C22H24F3N5OS/c1-2-30(21-27-17-6-3-4-7-18(17)32-21)20(31)15-28-10-5-11-29(13-12-28)19-9-8-16(14-26-19)22(23,24)25/h3-4,6-9,14H,2,5,10-13,15H2,1H3. The maximum Gasteiger partial charge on any atom is 0.417 e. The number of carbonyl (C=O) groups is 1. The zero-order valence-corrected chi connectivity index (χ0v) is 18.5. The Kier molecular flexibility index (Phi) is 6.61. The van der Waals surface area contributed by atoms with E-state index in [1.807, 2.05) is 36.1 Å². The molecule has 1 saturated heterocycles. The van der Waals surface area contributed by atoms with Crippen LogP contribution in [0.2, 0.25) is 0 Å². The molecule has 10 heteroatoms. The quantitative estimate of drug-likeness (QED) is 0.566. The van der Waals surface area contributed by atoms with E-state index in [1.54, 1.807) is 4.90 Å². The topological polar surface area (TPSA) is 52.6 Å². The van der Waals surface area contributed by atoms with Crippen molar-refractivity contribution in [1.82, 2.24) is 14.9 Å². The molecule has 1 fully saturated rings. The molecule has 0 spiro atoms. The van der Waals surface area contributed by atoms with Crippen molar-refractivity contribution in [3.05, 3.63) is 48.2 Å². The molecule has 4 rings (SSSR count). The third-order valence-corrected chi connectivity index (χ3v) is 6.54. The van der Waals surface area contributed by atoms with E-state index >= 15 is 0 Å². The minimum atomic E-state index is -4.39. The minimum Gasteiger partial charge on any atom is -0.355 e. The first-order valence-corrected chi connectivity index (χ1v) is 11.3. The predicted octanol–water partition coefficient (Wildman–Crippen LogP) is 4.28. The first kappa shape index (κ1) is 22.5. The summed E-state index contributed by atoms with van der Waals surface area (Å²) in [7, 11) is 0. The first-order valence-electron chi connectivity index (χ1n) is 10.5. The molecule has 1 amide bonds. The van der Waals surface area contributed by atoms with Crippen LogP contribution >= 0.6 is 11.3 Å². The van der Waals surface area contributed by atoms with E-state index in [9.17, 15) is 18.0 Å². The van der Waals surface area contributed by atoms with Crippen molar-refractivity contribution in [2.45, 2.75) is 19.5 Å². The summed E-state index contributed by atoms with van der Waals surface area (Å²) in [4.78, 5) is 27.4. The molecule has 0 aliphatic carbocycles. The molecule has 6 nitrogen and oxygen atoms in total. The molecule has 0 N–H and O–H groups in total. The number of benzene rings is 1. The van der Waals surface area contributed by atoms with Crippen LogP contribution in [0.3, 0.4) is 0 Å². The zero-order chi connectivity index (χ0) is 22.7. The fourth-order valence-corrected chi connectivity index (χ4v) is 4.82. The summed E-state index contributed by atoms with van der Waals surface area (Å²) < 4.78 is 39.4. The number of pyridine rings is 1. The number of hydrogen-bond acceptors (Lipinski definition) is 6. The average molecular weight is 464 g/mol. The SMILES string of the molecule is CCN(C(=O)CN1CCCN(c2ccc(C(F)(F)F)cn2)CC1)c1nc2ccccc2s1. The van der Waals surface area contributed by atoms with Crippen LogP contribution in [0.15, 0.2) is 42.6 Å². The molecule has 170 valence electrons. The van der Waals surface area contributed by atoms with E-state index in [2.05, 4.69) is 14.9 Å². The lowest BCUT2D eigenvalue weighted by molar-refractivity contribution is -0.137. The summed E-state index contributed by atoms with van der Waals surface area (Å²) in [5, 5.41) is 0.698. The second kappa shape index (κ2) is 9.41. The van der Waals surface area contributed by atoms with Gasteiger partial charge in [-0.2, -0.15) is 13.2 Å². The van der Waals surface area contributed by atoms with Crippen molar-refractivity contribution >= 4 is 38.4 Å². The molecule has 0 saturated carbocycles. The van der Waals surface area contributed by atoms with Crippen LogP contribution in [-0.2, 0) is 11.0 Å². The second-order valence-electron chi connectivity index (χ2n) is 7.62. The maximum atomic E-state index is 13.0. The Morgan fingerprint density at radius 2 is 1.94 bits per heavy atom. The van der Waals surface area contributed by atoms with Gasteiger partial charge in [0.15, 0.2) is 5.13 Å². The number of aromatic nitrogens is 2. The third kappa shape index (κ3) is 5.02. The van der Waals surface area contributed by atoms with Crippen LogP contribution in [-0.4, -0.2) is 60.0 Å². The van der Waals surface area contributed by atoms with E-state index in [-0.39, 0.29) is 12.5 Å². The second-order valence-corrected chi connectivity index (χ2v) is 8.63. The van der Waals surface area contributed by atoms with Gasteiger partial charge in [0.1, 0.15) is 5.82 Å². The van der Waals surface area contributed by atoms with E-state index in [1.165, 1.54) is 17.4 Å². The molecule has 3 heterocycles. The summed E-state index contributed by atoms with van der Waals surface area (Å²) in [5.74, 6) is 0.517. The number of rotatable bonds is 5. The van der Waals surface area contributed by atoms with Crippen LogP contribution in [0.1, 0.15) is 18.9 Å². The Morgan fingerprint density at radius 3 is 2.62 bits per heavy atom. The monoisotopic (exact) mass is 463 g/mol. The van der Waals surface area contributed by atoms with Gasteiger partial charge in [-0.1, -0.05) is 23.5 Å². The number of anilines is 2. The number of fused-ring (bicyclic) bond motifs is 1. The Morgan fingerprint density at radius 1 is 1.12 bits per heavy atom. The lowest BCUT2D eigenvalue weighted by Gasteiger charge is -2.25. The Hall–Kier alpha value is -2.72. The number of alkyl halides is 3. The smallest absolute Gasteiger partial charge is 0.355 e. The van der Waals surface area contributed by atoms with Crippen LogP contribution in [0, 0.1) is 0 Å². The van der Waals surface area contributed by atoms with E-state index in [0.717, 1.165) is 35.4 Å². The van der Waals surface area contributed by atoms with Gasteiger partial charge in [-0.3, -0.25) is 14.6 Å². The van der Waals surface area contributed by atoms with E-state index < -0.39 is 11.7 Å². The largest absolute Gasteiger partial charge is 0.417 e. The highest BCUT2D eigenvalue weighted by Crippen LogP contribution is 2.30. The highest BCUT2D eigenvalue weighted by molar-refractivity contribution is 7.22. The van der Waals surface area contributed by atoms with Gasteiger partial charge in [0.25, 0.3) is 0 Å². The van der Waals surface area contributed by atoms with Gasteiger partial charge in [0.05, 0.1) is 22.3 Å². The Labute approximate surface area is 188 Å². The molecule has 0 bridgehead atoms. The number of halogens is 3. The highest BCUT2D eigenvalue weighted by Gasteiger charge is 2.31. The molecule has 32 heavy (non-hydrogen) atoms. The van der Waals surface area contributed by atoms with Gasteiger partial charge in [-0.15, -0.1) is 0 Å². The molecule has 1 aromatic carbocycles. The van der Waals surface area contributed by atoms with Gasteiger partial charge in [0, 0.05) is 38.9 Å². The number of nitrogens with zero attached hydrogens (tertiary/aromatic N) is 5. The van der Waals surface area contributed by atoms with Crippen molar-refractivity contribution in [3.63, 3.8) is 0 Å².